The second-order valence-corrected chi connectivity index (χ2v) is 4.74. The minimum atomic E-state index is -0.584. The standard InChI is InChI=1S/C14H14F2N2S/c1-3-11-8(2)17-13(18-14(11)19)6-9-4-5-10(15)7-12(9)16/h4-5,7H,3,6H2,1-2H3,(H,17,18,19). The smallest absolute Gasteiger partial charge is 0.133 e. The van der Waals surface area contributed by atoms with Gasteiger partial charge in [-0.2, -0.15) is 0 Å². The molecule has 0 saturated carbocycles. The molecule has 1 N–H and O–H groups in total. The molecule has 2 aromatic rings. The SMILES string of the molecule is CCc1c(C)[nH]c(Cc2ccc(F)cc2F)nc1=S. The Hall–Kier alpha value is -1.62. The molecule has 1 aromatic carbocycles. The summed E-state index contributed by atoms with van der Waals surface area (Å²) in [4.78, 5) is 7.38. The lowest BCUT2D eigenvalue weighted by molar-refractivity contribution is 0.573. The normalized spacial score (nSPS) is 10.7. The lowest BCUT2D eigenvalue weighted by Gasteiger charge is -2.08. The first-order valence-electron chi connectivity index (χ1n) is 6.04. The first kappa shape index (κ1) is 13.8. The third kappa shape index (κ3) is 3.04. The first-order valence-corrected chi connectivity index (χ1v) is 6.44. The summed E-state index contributed by atoms with van der Waals surface area (Å²) in [7, 11) is 0. The van der Waals surface area contributed by atoms with Crippen LogP contribution in [-0.4, -0.2) is 9.97 Å². The third-order valence-electron chi connectivity index (χ3n) is 3.01. The van der Waals surface area contributed by atoms with E-state index < -0.39 is 11.6 Å². The van der Waals surface area contributed by atoms with Gasteiger partial charge in [0.05, 0.1) is 0 Å². The maximum absolute atomic E-state index is 13.6. The monoisotopic (exact) mass is 280 g/mol. The average molecular weight is 280 g/mol. The van der Waals surface area contributed by atoms with E-state index in [2.05, 4.69) is 9.97 Å². The highest BCUT2D eigenvalue weighted by molar-refractivity contribution is 7.71. The van der Waals surface area contributed by atoms with E-state index in [1.807, 2.05) is 13.8 Å². The molecule has 1 heterocycles. The highest BCUT2D eigenvalue weighted by Gasteiger charge is 2.08. The van der Waals surface area contributed by atoms with Crippen LogP contribution in [0.5, 0.6) is 0 Å². The molecular weight excluding hydrogens is 266 g/mol. The Balaban J connectivity index is 2.36. The molecule has 0 aliphatic heterocycles. The zero-order chi connectivity index (χ0) is 14.0. The van der Waals surface area contributed by atoms with Gasteiger partial charge in [-0.05, 0) is 25.0 Å². The number of hydrogen-bond acceptors (Lipinski definition) is 2. The van der Waals surface area contributed by atoms with E-state index in [9.17, 15) is 8.78 Å². The maximum atomic E-state index is 13.6. The van der Waals surface area contributed by atoms with Gasteiger partial charge in [0.25, 0.3) is 0 Å². The van der Waals surface area contributed by atoms with Crippen molar-refractivity contribution < 1.29 is 8.78 Å². The summed E-state index contributed by atoms with van der Waals surface area (Å²) in [6.45, 7) is 3.92. The maximum Gasteiger partial charge on any atom is 0.133 e. The predicted octanol–water partition coefficient (Wildman–Crippen LogP) is 3.88. The molecule has 5 heteroatoms. The predicted molar refractivity (Wildman–Crippen MR) is 72.7 cm³/mol. The zero-order valence-electron chi connectivity index (χ0n) is 10.8. The number of benzene rings is 1. The zero-order valence-corrected chi connectivity index (χ0v) is 11.6. The van der Waals surface area contributed by atoms with E-state index >= 15 is 0 Å². The molecule has 2 rings (SSSR count). The average Bonchev–Trinajstić information content (AvgIpc) is 2.32. The topological polar surface area (TPSA) is 28.7 Å². The fourth-order valence-electron chi connectivity index (χ4n) is 2.02. The molecular formula is C14H14F2N2S. The number of rotatable bonds is 3. The number of nitrogens with one attached hydrogen (secondary N) is 1. The largest absolute Gasteiger partial charge is 0.347 e. The molecule has 19 heavy (non-hydrogen) atoms. The van der Waals surface area contributed by atoms with Crippen LogP contribution in [0.4, 0.5) is 8.78 Å². The lowest BCUT2D eigenvalue weighted by atomic mass is 10.1. The van der Waals surface area contributed by atoms with Crippen molar-refractivity contribution >= 4 is 12.2 Å². The minimum absolute atomic E-state index is 0.264. The van der Waals surface area contributed by atoms with Gasteiger partial charge >= 0.3 is 0 Å². The van der Waals surface area contributed by atoms with E-state index in [0.29, 0.717) is 16.0 Å². The van der Waals surface area contributed by atoms with Crippen LogP contribution in [0.15, 0.2) is 18.2 Å². The fraction of sp³-hybridized carbons (Fsp3) is 0.286. The molecule has 2 nitrogen and oxygen atoms in total. The summed E-state index contributed by atoms with van der Waals surface area (Å²) in [6.07, 6.45) is 1.07. The lowest BCUT2D eigenvalue weighted by Crippen LogP contribution is -2.04. The van der Waals surface area contributed by atoms with Crippen molar-refractivity contribution in [3.8, 4) is 0 Å². The molecule has 0 amide bonds. The Kier molecular flexibility index (Phi) is 4.04. The molecule has 0 atom stereocenters. The highest BCUT2D eigenvalue weighted by atomic mass is 32.1. The number of aromatic nitrogens is 2. The molecule has 0 saturated heterocycles. The Bertz CT molecular complexity index is 665. The Labute approximate surface area is 115 Å². The van der Waals surface area contributed by atoms with Crippen molar-refractivity contribution in [2.75, 3.05) is 0 Å². The van der Waals surface area contributed by atoms with Crippen LogP contribution in [0.3, 0.4) is 0 Å². The van der Waals surface area contributed by atoms with Gasteiger partial charge in [-0.3, -0.25) is 0 Å². The Morgan fingerprint density at radius 1 is 1.32 bits per heavy atom. The first-order chi connectivity index (χ1) is 9.01. The van der Waals surface area contributed by atoms with E-state index in [0.717, 1.165) is 23.7 Å². The summed E-state index contributed by atoms with van der Waals surface area (Å²) in [5.41, 5.74) is 2.33. The van der Waals surface area contributed by atoms with Crippen LogP contribution in [0.25, 0.3) is 0 Å². The Morgan fingerprint density at radius 3 is 2.63 bits per heavy atom. The number of nitrogens with zero attached hydrogens (tertiary/aromatic N) is 1. The minimum Gasteiger partial charge on any atom is -0.347 e. The summed E-state index contributed by atoms with van der Waals surface area (Å²) in [5, 5.41) is 0. The van der Waals surface area contributed by atoms with Gasteiger partial charge in [0.2, 0.25) is 0 Å². The van der Waals surface area contributed by atoms with Gasteiger partial charge in [0.1, 0.15) is 22.1 Å². The molecule has 100 valence electrons. The number of aromatic amines is 1. The third-order valence-corrected chi connectivity index (χ3v) is 3.34. The van der Waals surface area contributed by atoms with E-state index in [-0.39, 0.29) is 6.42 Å². The summed E-state index contributed by atoms with van der Waals surface area (Å²) < 4.78 is 26.9. The van der Waals surface area contributed by atoms with Gasteiger partial charge in [-0.1, -0.05) is 25.2 Å². The number of hydrogen-bond donors (Lipinski definition) is 1. The van der Waals surface area contributed by atoms with Crippen LogP contribution in [-0.2, 0) is 12.8 Å². The van der Waals surface area contributed by atoms with Gasteiger partial charge < -0.3 is 4.98 Å². The van der Waals surface area contributed by atoms with E-state index in [1.54, 1.807) is 0 Å². The summed E-state index contributed by atoms with van der Waals surface area (Å²) in [5.74, 6) is -0.566. The van der Waals surface area contributed by atoms with Gasteiger partial charge in [-0.25, -0.2) is 13.8 Å². The van der Waals surface area contributed by atoms with Gasteiger partial charge in [-0.15, -0.1) is 0 Å². The van der Waals surface area contributed by atoms with Crippen molar-refractivity contribution in [2.45, 2.75) is 26.7 Å². The molecule has 0 aliphatic carbocycles. The molecule has 1 aromatic heterocycles. The van der Waals surface area contributed by atoms with Crippen LogP contribution >= 0.6 is 12.2 Å². The van der Waals surface area contributed by atoms with Crippen LogP contribution in [0.2, 0.25) is 0 Å². The van der Waals surface area contributed by atoms with Crippen LogP contribution < -0.4 is 0 Å². The molecule has 0 fully saturated rings. The number of aryl methyl sites for hydroxylation is 1. The van der Waals surface area contributed by atoms with E-state index in [4.69, 9.17) is 12.2 Å². The second-order valence-electron chi connectivity index (χ2n) is 4.36. The molecule has 0 aliphatic rings. The molecule has 0 radical (unpaired) electrons. The van der Waals surface area contributed by atoms with Crippen LogP contribution in [0.1, 0.15) is 29.6 Å². The van der Waals surface area contributed by atoms with Crippen molar-refractivity contribution in [1.29, 1.82) is 0 Å². The fourth-order valence-corrected chi connectivity index (χ4v) is 2.42. The molecule has 0 bridgehead atoms. The second kappa shape index (κ2) is 5.57. The Morgan fingerprint density at radius 2 is 2.05 bits per heavy atom. The number of halogens is 2. The van der Waals surface area contributed by atoms with Crippen LogP contribution in [0, 0.1) is 23.2 Å². The van der Waals surface area contributed by atoms with Gasteiger partial charge in [0.15, 0.2) is 0 Å². The summed E-state index contributed by atoms with van der Waals surface area (Å²) >= 11 is 5.21. The van der Waals surface area contributed by atoms with E-state index in [1.165, 1.54) is 12.1 Å². The van der Waals surface area contributed by atoms with Crippen molar-refractivity contribution in [3.05, 3.63) is 57.1 Å². The number of H-pyrrole nitrogens is 1. The highest BCUT2D eigenvalue weighted by Crippen LogP contribution is 2.14. The summed E-state index contributed by atoms with van der Waals surface area (Å²) in [6, 6.07) is 3.53. The van der Waals surface area contributed by atoms with Gasteiger partial charge in [0, 0.05) is 23.7 Å². The van der Waals surface area contributed by atoms with Crippen molar-refractivity contribution in [1.82, 2.24) is 9.97 Å². The quantitative estimate of drug-likeness (QED) is 0.864. The molecule has 0 unspecified atom stereocenters. The van der Waals surface area contributed by atoms with Crippen molar-refractivity contribution in [3.63, 3.8) is 0 Å². The molecule has 0 spiro atoms. The van der Waals surface area contributed by atoms with Crippen molar-refractivity contribution in [2.24, 2.45) is 0 Å².